The summed E-state index contributed by atoms with van der Waals surface area (Å²) in [4.78, 5) is 38.0. The highest BCUT2D eigenvalue weighted by atomic mass is 16.7. The number of nitrogens with one attached hydrogen (secondary N) is 2. The number of rotatable bonds is 5. The van der Waals surface area contributed by atoms with E-state index in [-0.39, 0.29) is 31.1 Å². The normalized spacial score (nSPS) is 14.9. The third kappa shape index (κ3) is 3.75. The summed E-state index contributed by atoms with van der Waals surface area (Å²) in [6.07, 6.45) is 1.34. The molecule has 0 saturated carbocycles. The Kier molecular flexibility index (Phi) is 4.84. The van der Waals surface area contributed by atoms with Crippen molar-refractivity contribution in [1.29, 1.82) is 0 Å². The second-order valence-corrected chi connectivity index (χ2v) is 6.50. The van der Waals surface area contributed by atoms with Crippen molar-refractivity contribution in [2.75, 3.05) is 30.1 Å². The summed E-state index contributed by atoms with van der Waals surface area (Å²) in [6, 6.07) is 11.9. The van der Waals surface area contributed by atoms with E-state index in [1.54, 1.807) is 47.4 Å². The molecule has 0 unspecified atom stereocenters. The number of fused-ring (bicyclic) bond motifs is 1. The first-order chi connectivity index (χ1) is 13.6. The third-order valence-electron chi connectivity index (χ3n) is 4.56. The average molecular weight is 381 g/mol. The zero-order valence-corrected chi connectivity index (χ0v) is 15.1. The van der Waals surface area contributed by atoms with Crippen LogP contribution in [0.2, 0.25) is 0 Å². The van der Waals surface area contributed by atoms with E-state index in [0.717, 1.165) is 6.42 Å². The molecule has 2 heterocycles. The van der Waals surface area contributed by atoms with Crippen molar-refractivity contribution < 1.29 is 23.9 Å². The second-order valence-electron chi connectivity index (χ2n) is 6.50. The van der Waals surface area contributed by atoms with Gasteiger partial charge < -0.3 is 25.0 Å². The van der Waals surface area contributed by atoms with Gasteiger partial charge in [-0.2, -0.15) is 0 Å². The Morgan fingerprint density at radius 3 is 2.75 bits per heavy atom. The topological polar surface area (TPSA) is 97.0 Å². The molecule has 8 heteroatoms. The molecule has 1 fully saturated rings. The quantitative estimate of drug-likeness (QED) is 0.825. The van der Waals surface area contributed by atoms with Crippen molar-refractivity contribution in [3.05, 3.63) is 48.0 Å². The van der Waals surface area contributed by atoms with Gasteiger partial charge in [0.25, 0.3) is 5.91 Å². The van der Waals surface area contributed by atoms with Gasteiger partial charge in [0.1, 0.15) is 0 Å². The predicted octanol–water partition coefficient (Wildman–Crippen LogP) is 1.91. The highest BCUT2D eigenvalue weighted by Gasteiger charge is 2.22. The summed E-state index contributed by atoms with van der Waals surface area (Å²) in [7, 11) is 0. The average Bonchev–Trinajstić information content (AvgIpc) is 3.34. The number of hydrogen-bond acceptors (Lipinski definition) is 5. The van der Waals surface area contributed by atoms with Crippen LogP contribution < -0.4 is 25.0 Å². The lowest BCUT2D eigenvalue weighted by molar-refractivity contribution is -0.117. The second kappa shape index (κ2) is 7.59. The Morgan fingerprint density at radius 1 is 1.07 bits per heavy atom. The van der Waals surface area contributed by atoms with Gasteiger partial charge in [-0.15, -0.1) is 0 Å². The van der Waals surface area contributed by atoms with Crippen LogP contribution in [-0.4, -0.2) is 37.6 Å². The first kappa shape index (κ1) is 17.8. The van der Waals surface area contributed by atoms with Gasteiger partial charge in [0.05, 0.1) is 6.54 Å². The van der Waals surface area contributed by atoms with E-state index < -0.39 is 0 Å². The van der Waals surface area contributed by atoms with Crippen LogP contribution in [0.5, 0.6) is 11.5 Å². The number of hydrogen-bond donors (Lipinski definition) is 2. The minimum Gasteiger partial charge on any atom is -0.454 e. The zero-order valence-electron chi connectivity index (χ0n) is 15.1. The molecule has 0 aliphatic carbocycles. The van der Waals surface area contributed by atoms with Gasteiger partial charge in [0.15, 0.2) is 11.5 Å². The van der Waals surface area contributed by atoms with E-state index in [2.05, 4.69) is 10.6 Å². The molecule has 2 aliphatic heterocycles. The fourth-order valence-electron chi connectivity index (χ4n) is 3.18. The van der Waals surface area contributed by atoms with Gasteiger partial charge in [-0.05, 0) is 36.8 Å². The number of carbonyl (C=O) groups is 3. The first-order valence-corrected chi connectivity index (χ1v) is 8.98. The van der Waals surface area contributed by atoms with Gasteiger partial charge in [-0.1, -0.05) is 6.07 Å². The molecule has 2 N–H and O–H groups in total. The van der Waals surface area contributed by atoms with E-state index in [1.165, 1.54) is 0 Å². The number of carbonyl (C=O) groups excluding carboxylic acids is 3. The van der Waals surface area contributed by atoms with Gasteiger partial charge in [-0.25, -0.2) is 0 Å². The molecule has 8 nitrogen and oxygen atoms in total. The van der Waals surface area contributed by atoms with Crippen molar-refractivity contribution in [2.45, 2.75) is 12.8 Å². The molecule has 0 aromatic heterocycles. The number of benzene rings is 2. The molecule has 2 aromatic carbocycles. The molecule has 2 aromatic rings. The molecule has 144 valence electrons. The predicted molar refractivity (Wildman–Crippen MR) is 102 cm³/mol. The summed E-state index contributed by atoms with van der Waals surface area (Å²) in [6.45, 7) is 0.632. The van der Waals surface area contributed by atoms with Gasteiger partial charge in [0, 0.05) is 36.0 Å². The highest BCUT2D eigenvalue weighted by Crippen LogP contribution is 2.34. The van der Waals surface area contributed by atoms with Crippen molar-refractivity contribution >= 4 is 29.1 Å². The van der Waals surface area contributed by atoms with Crippen molar-refractivity contribution in [1.82, 2.24) is 5.32 Å². The van der Waals surface area contributed by atoms with Crippen LogP contribution in [0.1, 0.15) is 23.2 Å². The van der Waals surface area contributed by atoms with Crippen LogP contribution >= 0.6 is 0 Å². The highest BCUT2D eigenvalue weighted by molar-refractivity contribution is 6.01. The maximum absolute atomic E-state index is 12.4. The van der Waals surface area contributed by atoms with E-state index in [1.807, 2.05) is 0 Å². The van der Waals surface area contributed by atoms with Gasteiger partial charge in [0.2, 0.25) is 18.6 Å². The molecule has 28 heavy (non-hydrogen) atoms. The van der Waals surface area contributed by atoms with Crippen LogP contribution in [-0.2, 0) is 9.59 Å². The SMILES string of the molecule is O=C(CNC(=O)c1cccc(N2CCCC2=O)c1)Nc1ccc2c(c1)OCO2. The number of anilines is 2. The van der Waals surface area contributed by atoms with Crippen LogP contribution in [0.3, 0.4) is 0 Å². The number of amides is 3. The summed E-state index contributed by atoms with van der Waals surface area (Å²) < 4.78 is 10.5. The fraction of sp³-hybridized carbons (Fsp3) is 0.250. The number of nitrogens with zero attached hydrogens (tertiary/aromatic N) is 1. The van der Waals surface area contributed by atoms with Gasteiger partial charge in [-0.3, -0.25) is 14.4 Å². The van der Waals surface area contributed by atoms with Crippen LogP contribution in [0.15, 0.2) is 42.5 Å². The Morgan fingerprint density at radius 2 is 1.93 bits per heavy atom. The minimum absolute atomic E-state index is 0.0562. The molecule has 2 aliphatic rings. The minimum atomic E-state index is -0.380. The molecule has 1 saturated heterocycles. The fourth-order valence-corrected chi connectivity index (χ4v) is 3.18. The van der Waals surface area contributed by atoms with Crippen LogP contribution in [0.25, 0.3) is 0 Å². The van der Waals surface area contributed by atoms with E-state index in [0.29, 0.717) is 41.4 Å². The number of ether oxygens (including phenoxy) is 2. The Balaban J connectivity index is 1.34. The lowest BCUT2D eigenvalue weighted by Crippen LogP contribution is -2.33. The van der Waals surface area contributed by atoms with Gasteiger partial charge >= 0.3 is 0 Å². The lowest BCUT2D eigenvalue weighted by atomic mass is 10.1. The molecule has 3 amide bonds. The summed E-state index contributed by atoms with van der Waals surface area (Å²) in [5.74, 6) is 0.505. The molecule has 0 atom stereocenters. The molecular formula is C20H19N3O5. The molecule has 0 radical (unpaired) electrons. The zero-order chi connectivity index (χ0) is 19.5. The van der Waals surface area contributed by atoms with E-state index in [9.17, 15) is 14.4 Å². The molecular weight excluding hydrogens is 362 g/mol. The van der Waals surface area contributed by atoms with Crippen molar-refractivity contribution in [2.24, 2.45) is 0 Å². The molecule has 4 rings (SSSR count). The van der Waals surface area contributed by atoms with Crippen molar-refractivity contribution in [3.63, 3.8) is 0 Å². The molecule has 0 bridgehead atoms. The summed E-state index contributed by atoms with van der Waals surface area (Å²) >= 11 is 0. The lowest BCUT2D eigenvalue weighted by Gasteiger charge is -2.16. The van der Waals surface area contributed by atoms with E-state index in [4.69, 9.17) is 9.47 Å². The van der Waals surface area contributed by atoms with E-state index >= 15 is 0 Å². The first-order valence-electron chi connectivity index (χ1n) is 8.98. The maximum Gasteiger partial charge on any atom is 0.251 e. The maximum atomic E-state index is 12.4. The van der Waals surface area contributed by atoms with Crippen LogP contribution in [0.4, 0.5) is 11.4 Å². The monoisotopic (exact) mass is 381 g/mol. The Hall–Kier alpha value is -3.55. The standard InChI is InChI=1S/C20H19N3O5/c24-18(22-14-6-7-16-17(10-14)28-12-27-16)11-21-20(26)13-3-1-4-15(9-13)23-8-2-5-19(23)25/h1,3-4,6-7,9-10H,2,5,8,11-12H2,(H,21,26)(H,22,24). The third-order valence-corrected chi connectivity index (χ3v) is 4.56. The molecule has 0 spiro atoms. The van der Waals surface area contributed by atoms with Crippen molar-refractivity contribution in [3.8, 4) is 11.5 Å². The largest absolute Gasteiger partial charge is 0.454 e. The Bertz CT molecular complexity index is 943. The Labute approximate surface area is 161 Å². The summed E-state index contributed by atoms with van der Waals surface area (Å²) in [5.41, 5.74) is 1.64. The van der Waals surface area contributed by atoms with Crippen LogP contribution in [0, 0.1) is 0 Å². The summed E-state index contributed by atoms with van der Waals surface area (Å²) in [5, 5.41) is 5.29. The smallest absolute Gasteiger partial charge is 0.251 e.